The van der Waals surface area contributed by atoms with Crippen molar-refractivity contribution in [3.05, 3.63) is 22.4 Å². The van der Waals surface area contributed by atoms with Crippen molar-refractivity contribution in [3.63, 3.8) is 0 Å². The van der Waals surface area contributed by atoms with Gasteiger partial charge in [-0.1, -0.05) is 13.0 Å². The van der Waals surface area contributed by atoms with Crippen molar-refractivity contribution < 1.29 is 0 Å². The van der Waals surface area contributed by atoms with Gasteiger partial charge < -0.3 is 10.2 Å². The van der Waals surface area contributed by atoms with E-state index in [1.165, 1.54) is 17.7 Å². The maximum atomic E-state index is 3.63. The largest absolute Gasteiger partial charge is 0.312 e. The molecule has 0 bridgehead atoms. The average molecular weight is 254 g/mol. The second-order valence-electron chi connectivity index (χ2n) is 5.28. The van der Waals surface area contributed by atoms with Crippen molar-refractivity contribution in [3.8, 4) is 0 Å². The van der Waals surface area contributed by atoms with E-state index in [9.17, 15) is 0 Å². The molecular weight excluding hydrogens is 228 g/mol. The van der Waals surface area contributed by atoms with E-state index in [1.54, 1.807) is 0 Å². The van der Waals surface area contributed by atoms with Crippen LogP contribution in [0, 0.1) is 0 Å². The Hall–Kier alpha value is -0.380. The monoisotopic (exact) mass is 254 g/mol. The van der Waals surface area contributed by atoms with Crippen LogP contribution in [-0.4, -0.2) is 37.1 Å². The van der Waals surface area contributed by atoms with Gasteiger partial charge in [0.25, 0.3) is 0 Å². The number of hydrogen-bond donors (Lipinski definition) is 1. The molecule has 0 amide bonds. The molecule has 2 nitrogen and oxygen atoms in total. The van der Waals surface area contributed by atoms with Crippen molar-refractivity contribution in [1.82, 2.24) is 10.2 Å². The minimum absolute atomic E-state index is 0.188. The molecule has 1 aromatic heterocycles. The van der Waals surface area contributed by atoms with E-state index in [0.29, 0.717) is 6.04 Å². The number of nitrogens with one attached hydrogen (secondary N) is 1. The first-order chi connectivity index (χ1) is 7.98. The SMILES string of the molecule is CCNC(CCc1cccs1)C(C)(C)N(C)C. The van der Waals surface area contributed by atoms with Gasteiger partial charge in [0.15, 0.2) is 0 Å². The van der Waals surface area contributed by atoms with Crippen molar-refractivity contribution in [2.75, 3.05) is 20.6 Å². The summed E-state index contributed by atoms with van der Waals surface area (Å²) in [5.41, 5.74) is 0.188. The van der Waals surface area contributed by atoms with Gasteiger partial charge in [0.05, 0.1) is 0 Å². The summed E-state index contributed by atoms with van der Waals surface area (Å²) >= 11 is 1.86. The average Bonchev–Trinajstić information content (AvgIpc) is 2.76. The van der Waals surface area contributed by atoms with Crippen LogP contribution in [0.2, 0.25) is 0 Å². The second kappa shape index (κ2) is 6.53. The van der Waals surface area contributed by atoms with E-state index in [4.69, 9.17) is 0 Å². The quantitative estimate of drug-likeness (QED) is 0.805. The molecule has 1 heterocycles. The van der Waals surface area contributed by atoms with Gasteiger partial charge in [-0.15, -0.1) is 11.3 Å². The van der Waals surface area contributed by atoms with E-state index in [2.05, 4.69) is 62.6 Å². The smallest absolute Gasteiger partial charge is 0.0300 e. The summed E-state index contributed by atoms with van der Waals surface area (Å²) in [5, 5.41) is 5.79. The summed E-state index contributed by atoms with van der Waals surface area (Å²) in [6.07, 6.45) is 2.37. The van der Waals surface area contributed by atoms with E-state index in [-0.39, 0.29) is 5.54 Å². The first-order valence-electron chi connectivity index (χ1n) is 6.41. The summed E-state index contributed by atoms with van der Waals surface area (Å²) in [6.45, 7) is 7.85. The molecule has 1 atom stereocenters. The van der Waals surface area contributed by atoms with Crippen LogP contribution in [-0.2, 0) is 6.42 Å². The zero-order chi connectivity index (χ0) is 12.9. The highest BCUT2D eigenvalue weighted by Crippen LogP contribution is 2.21. The minimum atomic E-state index is 0.188. The van der Waals surface area contributed by atoms with E-state index < -0.39 is 0 Å². The number of thiophene rings is 1. The van der Waals surface area contributed by atoms with Gasteiger partial charge in [-0.3, -0.25) is 0 Å². The number of rotatable bonds is 7. The lowest BCUT2D eigenvalue weighted by Gasteiger charge is -2.40. The highest BCUT2D eigenvalue weighted by molar-refractivity contribution is 7.09. The third-order valence-corrected chi connectivity index (χ3v) is 4.65. The highest BCUT2D eigenvalue weighted by Gasteiger charge is 2.30. The zero-order valence-corrected chi connectivity index (χ0v) is 12.6. The molecule has 3 heteroatoms. The molecule has 17 heavy (non-hydrogen) atoms. The predicted molar refractivity (Wildman–Crippen MR) is 77.9 cm³/mol. The lowest BCUT2D eigenvalue weighted by Crippen LogP contribution is -2.55. The first kappa shape index (κ1) is 14.7. The lowest BCUT2D eigenvalue weighted by atomic mass is 9.89. The lowest BCUT2D eigenvalue weighted by molar-refractivity contribution is 0.133. The van der Waals surface area contributed by atoms with E-state index in [0.717, 1.165) is 6.54 Å². The Morgan fingerprint density at radius 1 is 1.41 bits per heavy atom. The third-order valence-electron chi connectivity index (χ3n) is 3.72. The summed E-state index contributed by atoms with van der Waals surface area (Å²) < 4.78 is 0. The normalized spacial score (nSPS) is 14.2. The fourth-order valence-electron chi connectivity index (χ4n) is 2.00. The molecule has 0 aliphatic heterocycles. The molecule has 0 radical (unpaired) electrons. The molecule has 98 valence electrons. The molecule has 0 spiro atoms. The number of likely N-dealkylation sites (N-methyl/N-ethyl adjacent to an activating group) is 2. The van der Waals surface area contributed by atoms with E-state index in [1.807, 2.05) is 11.3 Å². The number of hydrogen-bond acceptors (Lipinski definition) is 3. The molecule has 0 saturated carbocycles. The number of nitrogens with zero attached hydrogens (tertiary/aromatic N) is 1. The van der Waals surface area contributed by atoms with Gasteiger partial charge in [-0.25, -0.2) is 0 Å². The van der Waals surface area contributed by atoms with Gasteiger partial charge in [0.2, 0.25) is 0 Å². The standard InChI is InChI=1S/C14H26N2S/c1-6-15-13(14(2,3)16(4)5)10-9-12-8-7-11-17-12/h7-8,11,13,15H,6,9-10H2,1-5H3. The fraction of sp³-hybridized carbons (Fsp3) is 0.714. The topological polar surface area (TPSA) is 15.3 Å². The van der Waals surface area contributed by atoms with Crippen LogP contribution in [0.1, 0.15) is 32.1 Å². The van der Waals surface area contributed by atoms with Crippen LogP contribution in [0.5, 0.6) is 0 Å². The Kier molecular flexibility index (Phi) is 5.63. The Labute approximate surface area is 110 Å². The van der Waals surface area contributed by atoms with Crippen molar-refractivity contribution >= 4 is 11.3 Å². The molecular formula is C14H26N2S. The van der Waals surface area contributed by atoms with Crippen molar-refractivity contribution in [1.29, 1.82) is 0 Å². The molecule has 0 aliphatic carbocycles. The molecule has 0 fully saturated rings. The first-order valence-corrected chi connectivity index (χ1v) is 7.29. The second-order valence-corrected chi connectivity index (χ2v) is 6.31. The molecule has 1 N–H and O–H groups in total. The minimum Gasteiger partial charge on any atom is -0.312 e. The number of aryl methyl sites for hydroxylation is 1. The van der Waals surface area contributed by atoms with Crippen LogP contribution in [0.4, 0.5) is 0 Å². The maximum absolute atomic E-state index is 3.63. The van der Waals surface area contributed by atoms with Gasteiger partial charge in [-0.05, 0) is 58.8 Å². The highest BCUT2D eigenvalue weighted by atomic mass is 32.1. The summed E-state index contributed by atoms with van der Waals surface area (Å²) in [5.74, 6) is 0. The third kappa shape index (κ3) is 4.09. The van der Waals surface area contributed by atoms with Crippen LogP contribution in [0.25, 0.3) is 0 Å². The van der Waals surface area contributed by atoms with E-state index >= 15 is 0 Å². The van der Waals surface area contributed by atoms with Crippen molar-refractivity contribution in [2.45, 2.75) is 45.2 Å². The Bertz CT molecular complexity index is 304. The van der Waals surface area contributed by atoms with Crippen LogP contribution in [0.15, 0.2) is 17.5 Å². The molecule has 1 rings (SSSR count). The van der Waals surface area contributed by atoms with Gasteiger partial charge in [0.1, 0.15) is 0 Å². The Morgan fingerprint density at radius 2 is 2.12 bits per heavy atom. The van der Waals surface area contributed by atoms with Gasteiger partial charge in [-0.2, -0.15) is 0 Å². The van der Waals surface area contributed by atoms with Crippen LogP contribution >= 0.6 is 11.3 Å². The molecule has 0 aromatic carbocycles. The fourth-order valence-corrected chi connectivity index (χ4v) is 2.73. The molecule has 0 aliphatic rings. The summed E-state index contributed by atoms with van der Waals surface area (Å²) in [7, 11) is 4.32. The molecule has 1 unspecified atom stereocenters. The zero-order valence-electron chi connectivity index (χ0n) is 11.8. The summed E-state index contributed by atoms with van der Waals surface area (Å²) in [6, 6.07) is 4.90. The van der Waals surface area contributed by atoms with Crippen molar-refractivity contribution in [2.24, 2.45) is 0 Å². The predicted octanol–water partition coefficient (Wildman–Crippen LogP) is 3.00. The Balaban J connectivity index is 2.59. The Morgan fingerprint density at radius 3 is 2.59 bits per heavy atom. The molecule has 0 saturated heterocycles. The van der Waals surface area contributed by atoms with Crippen LogP contribution in [0.3, 0.4) is 0 Å². The summed E-state index contributed by atoms with van der Waals surface area (Å²) in [4.78, 5) is 3.80. The van der Waals surface area contributed by atoms with Gasteiger partial charge in [0, 0.05) is 16.5 Å². The molecule has 1 aromatic rings. The maximum Gasteiger partial charge on any atom is 0.0300 e. The van der Waals surface area contributed by atoms with Gasteiger partial charge >= 0.3 is 0 Å². The van der Waals surface area contributed by atoms with Crippen LogP contribution < -0.4 is 5.32 Å².